The van der Waals surface area contributed by atoms with Crippen molar-refractivity contribution in [3.8, 4) is 0 Å². The molecule has 6 heteroatoms. The van der Waals surface area contributed by atoms with Gasteiger partial charge in [0.2, 0.25) is 4.33 Å². The van der Waals surface area contributed by atoms with E-state index >= 15 is 0 Å². The highest BCUT2D eigenvalue weighted by atomic mass is 35.5. The first kappa shape index (κ1) is 10.7. The second-order valence-corrected chi connectivity index (χ2v) is 3.80. The lowest BCUT2D eigenvalue weighted by molar-refractivity contribution is -0.117. The van der Waals surface area contributed by atoms with Gasteiger partial charge in [-0.05, 0) is 6.07 Å². The molecule has 1 heterocycles. The average molecular weight is 239 g/mol. The third-order valence-corrected chi connectivity index (χ3v) is 2.32. The van der Waals surface area contributed by atoms with Crippen LogP contribution in [0, 0.1) is 0 Å². The van der Waals surface area contributed by atoms with E-state index in [1.54, 1.807) is 6.07 Å². The van der Waals surface area contributed by atoms with Crippen molar-refractivity contribution in [2.24, 2.45) is 0 Å². The van der Waals surface area contributed by atoms with Gasteiger partial charge in [-0.1, -0.05) is 23.2 Å². The van der Waals surface area contributed by atoms with Crippen LogP contribution in [0.3, 0.4) is 0 Å². The SMILES string of the molecule is O=C(CCl)C(Cl)(Cl)c1ncccn1. The van der Waals surface area contributed by atoms with Crippen molar-refractivity contribution in [2.75, 3.05) is 5.88 Å². The number of ketones is 1. The molecule has 0 spiro atoms. The number of carbonyl (C=O) groups is 1. The van der Waals surface area contributed by atoms with Crippen molar-refractivity contribution in [1.29, 1.82) is 0 Å². The second kappa shape index (κ2) is 4.22. The summed E-state index contributed by atoms with van der Waals surface area (Å²) in [7, 11) is 0. The zero-order valence-electron chi connectivity index (χ0n) is 6.38. The fourth-order valence-electron chi connectivity index (χ4n) is 0.670. The van der Waals surface area contributed by atoms with Gasteiger partial charge >= 0.3 is 0 Å². The molecule has 0 amide bonds. The van der Waals surface area contributed by atoms with Gasteiger partial charge in [-0.25, -0.2) is 9.97 Å². The van der Waals surface area contributed by atoms with Crippen LogP contribution in [0.2, 0.25) is 0 Å². The minimum Gasteiger partial charge on any atom is -0.294 e. The molecule has 70 valence electrons. The molecule has 1 aromatic rings. The number of hydrogen-bond acceptors (Lipinski definition) is 3. The predicted molar refractivity (Wildman–Crippen MR) is 51.1 cm³/mol. The van der Waals surface area contributed by atoms with Crippen LogP contribution in [0.1, 0.15) is 5.82 Å². The maximum absolute atomic E-state index is 11.2. The smallest absolute Gasteiger partial charge is 0.235 e. The van der Waals surface area contributed by atoms with Crippen LogP contribution >= 0.6 is 34.8 Å². The van der Waals surface area contributed by atoms with Crippen LogP contribution in [-0.4, -0.2) is 21.6 Å². The third kappa shape index (κ3) is 2.30. The van der Waals surface area contributed by atoms with Gasteiger partial charge in [0.25, 0.3) is 0 Å². The van der Waals surface area contributed by atoms with Gasteiger partial charge in [-0.2, -0.15) is 0 Å². The van der Waals surface area contributed by atoms with Crippen LogP contribution in [0.15, 0.2) is 18.5 Å². The Hall–Kier alpha value is -0.380. The summed E-state index contributed by atoms with van der Waals surface area (Å²) in [6.45, 7) is 0. The van der Waals surface area contributed by atoms with E-state index in [4.69, 9.17) is 34.8 Å². The molecular weight excluding hydrogens is 234 g/mol. The first-order chi connectivity index (χ1) is 6.09. The molecule has 0 atom stereocenters. The molecule has 0 aliphatic heterocycles. The maximum atomic E-state index is 11.2. The van der Waals surface area contributed by atoms with Gasteiger partial charge in [0.1, 0.15) is 0 Å². The molecule has 0 aromatic carbocycles. The monoisotopic (exact) mass is 238 g/mol. The highest BCUT2D eigenvalue weighted by molar-refractivity contribution is 6.59. The van der Waals surface area contributed by atoms with Gasteiger partial charge in [0.05, 0.1) is 5.88 Å². The number of nitrogens with zero attached hydrogens (tertiary/aromatic N) is 2. The van der Waals surface area contributed by atoms with Gasteiger partial charge < -0.3 is 0 Å². The van der Waals surface area contributed by atoms with E-state index in [1.165, 1.54) is 12.4 Å². The molecule has 1 rings (SSSR count). The average Bonchev–Trinajstić information content (AvgIpc) is 2.18. The van der Waals surface area contributed by atoms with Crippen molar-refractivity contribution >= 4 is 40.6 Å². The molecule has 0 N–H and O–H groups in total. The van der Waals surface area contributed by atoms with Crippen molar-refractivity contribution in [1.82, 2.24) is 9.97 Å². The number of carbonyl (C=O) groups excluding carboxylic acids is 1. The molecule has 1 aromatic heterocycles. The quantitative estimate of drug-likeness (QED) is 0.757. The molecule has 3 nitrogen and oxygen atoms in total. The lowest BCUT2D eigenvalue weighted by Crippen LogP contribution is -2.27. The van der Waals surface area contributed by atoms with Crippen LogP contribution in [0.5, 0.6) is 0 Å². The largest absolute Gasteiger partial charge is 0.294 e. The van der Waals surface area contributed by atoms with Crippen molar-refractivity contribution < 1.29 is 4.79 Å². The summed E-state index contributed by atoms with van der Waals surface area (Å²) < 4.78 is -1.75. The fraction of sp³-hybridized carbons (Fsp3) is 0.286. The molecule has 0 aliphatic carbocycles. The zero-order chi connectivity index (χ0) is 9.90. The Morgan fingerprint density at radius 3 is 2.38 bits per heavy atom. The van der Waals surface area contributed by atoms with E-state index in [9.17, 15) is 4.79 Å². The first-order valence-electron chi connectivity index (χ1n) is 3.33. The summed E-state index contributed by atoms with van der Waals surface area (Å²) in [4.78, 5) is 18.7. The second-order valence-electron chi connectivity index (χ2n) is 2.20. The number of aromatic nitrogens is 2. The normalized spacial score (nSPS) is 11.3. The summed E-state index contributed by atoms with van der Waals surface area (Å²) >= 11 is 16.7. The Balaban J connectivity index is 3.00. The number of rotatable bonds is 3. The maximum Gasteiger partial charge on any atom is 0.235 e. The highest BCUT2D eigenvalue weighted by Crippen LogP contribution is 2.32. The molecular formula is C7H5Cl3N2O. The van der Waals surface area contributed by atoms with Crippen LogP contribution < -0.4 is 0 Å². The lowest BCUT2D eigenvalue weighted by atomic mass is 10.3. The molecule has 0 unspecified atom stereocenters. The summed E-state index contributed by atoms with van der Waals surface area (Å²) in [6, 6.07) is 1.60. The summed E-state index contributed by atoms with van der Waals surface area (Å²) in [5.41, 5.74) is 0. The topological polar surface area (TPSA) is 42.9 Å². The van der Waals surface area contributed by atoms with Crippen LogP contribution in [0.25, 0.3) is 0 Å². The number of halogens is 3. The van der Waals surface area contributed by atoms with E-state index < -0.39 is 10.1 Å². The van der Waals surface area contributed by atoms with Crippen LogP contribution in [0.4, 0.5) is 0 Å². The molecule has 0 bridgehead atoms. The standard InChI is InChI=1S/C7H5Cl3N2O/c8-4-5(13)7(9,10)6-11-2-1-3-12-6/h1-3H,4H2. The Morgan fingerprint density at radius 1 is 1.38 bits per heavy atom. The minimum atomic E-state index is -1.75. The van der Waals surface area contributed by atoms with E-state index in [-0.39, 0.29) is 11.7 Å². The van der Waals surface area contributed by atoms with Gasteiger partial charge in [0, 0.05) is 12.4 Å². The number of Topliss-reactive ketones (excluding diaryl/α,β-unsaturated/α-hetero) is 1. The van der Waals surface area contributed by atoms with Crippen molar-refractivity contribution in [2.45, 2.75) is 4.33 Å². The Bertz CT molecular complexity index is 302. The Morgan fingerprint density at radius 2 is 1.92 bits per heavy atom. The molecule has 0 radical (unpaired) electrons. The zero-order valence-corrected chi connectivity index (χ0v) is 8.64. The summed E-state index contributed by atoms with van der Waals surface area (Å²) in [6.07, 6.45) is 2.90. The van der Waals surface area contributed by atoms with Gasteiger partial charge in [0.15, 0.2) is 11.6 Å². The summed E-state index contributed by atoms with van der Waals surface area (Å²) in [5, 5.41) is 0. The first-order valence-corrected chi connectivity index (χ1v) is 4.62. The molecule has 0 saturated carbocycles. The number of hydrogen-bond donors (Lipinski definition) is 0. The Labute approximate surface area is 90.0 Å². The molecule has 0 aliphatic rings. The number of alkyl halides is 3. The minimum absolute atomic E-state index is 0.0454. The van der Waals surface area contributed by atoms with Crippen molar-refractivity contribution in [3.05, 3.63) is 24.3 Å². The van der Waals surface area contributed by atoms with E-state index in [0.717, 1.165) is 0 Å². The molecule has 13 heavy (non-hydrogen) atoms. The summed E-state index contributed by atoms with van der Waals surface area (Å²) in [5.74, 6) is -0.765. The molecule has 0 saturated heterocycles. The molecule has 0 fully saturated rings. The van der Waals surface area contributed by atoms with Crippen molar-refractivity contribution in [3.63, 3.8) is 0 Å². The fourth-order valence-corrected chi connectivity index (χ4v) is 1.34. The third-order valence-electron chi connectivity index (χ3n) is 1.32. The predicted octanol–water partition coefficient (Wildman–Crippen LogP) is 1.91. The van der Waals surface area contributed by atoms with E-state index in [0.29, 0.717) is 0 Å². The lowest BCUT2D eigenvalue weighted by Gasteiger charge is -2.13. The van der Waals surface area contributed by atoms with E-state index in [1.807, 2.05) is 0 Å². The van der Waals surface area contributed by atoms with E-state index in [2.05, 4.69) is 9.97 Å². The van der Waals surface area contributed by atoms with Crippen LogP contribution in [-0.2, 0) is 9.13 Å². The highest BCUT2D eigenvalue weighted by Gasteiger charge is 2.37. The van der Waals surface area contributed by atoms with Gasteiger partial charge in [-0.3, -0.25) is 4.79 Å². The Kier molecular flexibility index (Phi) is 3.47. The van der Waals surface area contributed by atoms with Gasteiger partial charge in [-0.15, -0.1) is 11.6 Å².